The fraction of sp³-hybridized carbons (Fsp3) is 0.600. The number of hydrogen-bond acceptors (Lipinski definition) is 2. The predicted octanol–water partition coefficient (Wildman–Crippen LogP) is 2.81. The summed E-state index contributed by atoms with van der Waals surface area (Å²) in [5, 5.41) is 13.0. The van der Waals surface area contributed by atoms with Crippen LogP contribution in [0, 0.1) is 12.8 Å². The summed E-state index contributed by atoms with van der Waals surface area (Å²) >= 11 is 0. The molecule has 1 fully saturated rings. The Morgan fingerprint density at radius 2 is 1.82 bits per heavy atom. The molecule has 1 aliphatic rings. The van der Waals surface area contributed by atoms with Crippen molar-refractivity contribution in [1.82, 2.24) is 5.32 Å². The zero-order chi connectivity index (χ0) is 12.3. The minimum atomic E-state index is -0.0689. The molecule has 2 heteroatoms. The van der Waals surface area contributed by atoms with Crippen molar-refractivity contribution in [2.75, 3.05) is 7.05 Å². The highest BCUT2D eigenvalue weighted by molar-refractivity contribution is 5.29. The molecule has 0 amide bonds. The van der Waals surface area contributed by atoms with E-state index in [2.05, 4.69) is 36.5 Å². The molecule has 1 atom stereocenters. The average molecular weight is 233 g/mol. The van der Waals surface area contributed by atoms with Gasteiger partial charge in [0, 0.05) is 6.04 Å². The Bertz CT molecular complexity index is 356. The van der Waals surface area contributed by atoms with Gasteiger partial charge in [-0.15, -0.1) is 0 Å². The van der Waals surface area contributed by atoms with Crippen molar-refractivity contribution >= 4 is 0 Å². The van der Waals surface area contributed by atoms with Gasteiger partial charge in [0.25, 0.3) is 0 Å². The standard InChI is InChI=1S/C15H23NO/c1-11-5-3-4-6-14(11)15(16-2)12-7-9-13(17)10-8-12/h3-6,12-13,15-17H,7-10H2,1-2H3. The number of aliphatic hydroxyl groups excluding tert-OH is 1. The molecule has 1 aromatic carbocycles. The van der Waals surface area contributed by atoms with Gasteiger partial charge in [0.05, 0.1) is 6.10 Å². The maximum absolute atomic E-state index is 9.59. The summed E-state index contributed by atoms with van der Waals surface area (Å²) < 4.78 is 0. The number of benzene rings is 1. The fourth-order valence-corrected chi connectivity index (χ4v) is 3.02. The maximum atomic E-state index is 9.59. The smallest absolute Gasteiger partial charge is 0.0540 e. The highest BCUT2D eigenvalue weighted by atomic mass is 16.3. The van der Waals surface area contributed by atoms with Crippen LogP contribution >= 0.6 is 0 Å². The lowest BCUT2D eigenvalue weighted by molar-refractivity contribution is 0.0981. The van der Waals surface area contributed by atoms with E-state index in [0.717, 1.165) is 25.7 Å². The van der Waals surface area contributed by atoms with Crippen LogP contribution in [-0.2, 0) is 0 Å². The number of nitrogens with one attached hydrogen (secondary N) is 1. The molecule has 2 N–H and O–H groups in total. The SMILES string of the molecule is CNC(c1ccccc1C)C1CCC(O)CC1. The van der Waals surface area contributed by atoms with Crippen LogP contribution in [0.2, 0.25) is 0 Å². The molecule has 0 bridgehead atoms. The Morgan fingerprint density at radius 1 is 1.18 bits per heavy atom. The molecule has 0 radical (unpaired) electrons. The van der Waals surface area contributed by atoms with E-state index in [1.54, 1.807) is 0 Å². The van der Waals surface area contributed by atoms with Crippen LogP contribution in [-0.4, -0.2) is 18.3 Å². The van der Waals surface area contributed by atoms with Crippen LogP contribution in [0.25, 0.3) is 0 Å². The van der Waals surface area contributed by atoms with Crippen molar-refractivity contribution in [3.63, 3.8) is 0 Å². The van der Waals surface area contributed by atoms with Crippen molar-refractivity contribution in [1.29, 1.82) is 0 Å². The Kier molecular flexibility index (Phi) is 4.19. The van der Waals surface area contributed by atoms with Crippen molar-refractivity contribution in [2.24, 2.45) is 5.92 Å². The lowest BCUT2D eigenvalue weighted by atomic mass is 9.79. The van der Waals surface area contributed by atoms with E-state index in [0.29, 0.717) is 12.0 Å². The van der Waals surface area contributed by atoms with E-state index in [1.807, 2.05) is 7.05 Å². The summed E-state index contributed by atoms with van der Waals surface area (Å²) in [6, 6.07) is 9.04. The van der Waals surface area contributed by atoms with Gasteiger partial charge in [-0.2, -0.15) is 0 Å². The molecular weight excluding hydrogens is 210 g/mol. The normalized spacial score (nSPS) is 26.8. The van der Waals surface area contributed by atoms with E-state index in [9.17, 15) is 5.11 Å². The summed E-state index contributed by atoms with van der Waals surface area (Å²) in [5.74, 6) is 0.657. The van der Waals surface area contributed by atoms with E-state index < -0.39 is 0 Å². The second-order valence-electron chi connectivity index (χ2n) is 5.19. The molecule has 2 rings (SSSR count). The quantitative estimate of drug-likeness (QED) is 0.841. The van der Waals surface area contributed by atoms with Crippen molar-refractivity contribution < 1.29 is 5.11 Å². The monoisotopic (exact) mass is 233 g/mol. The summed E-state index contributed by atoms with van der Waals surface area (Å²) in [6.45, 7) is 2.18. The number of rotatable bonds is 3. The molecule has 0 aromatic heterocycles. The van der Waals surface area contributed by atoms with Gasteiger partial charge >= 0.3 is 0 Å². The van der Waals surface area contributed by atoms with Crippen LogP contribution in [0.15, 0.2) is 24.3 Å². The van der Waals surface area contributed by atoms with Gasteiger partial charge in [-0.3, -0.25) is 0 Å². The van der Waals surface area contributed by atoms with Crippen molar-refractivity contribution in [3.05, 3.63) is 35.4 Å². The number of aryl methyl sites for hydroxylation is 1. The topological polar surface area (TPSA) is 32.3 Å². The van der Waals surface area contributed by atoms with Gasteiger partial charge in [0.2, 0.25) is 0 Å². The summed E-state index contributed by atoms with van der Waals surface area (Å²) in [6.07, 6.45) is 4.09. The van der Waals surface area contributed by atoms with Gasteiger partial charge in [-0.05, 0) is 56.7 Å². The highest BCUT2D eigenvalue weighted by Crippen LogP contribution is 2.35. The van der Waals surface area contributed by atoms with Crippen LogP contribution in [0.4, 0.5) is 0 Å². The first kappa shape index (κ1) is 12.6. The second-order valence-corrected chi connectivity index (χ2v) is 5.19. The third kappa shape index (κ3) is 2.88. The maximum Gasteiger partial charge on any atom is 0.0540 e. The average Bonchev–Trinajstić information content (AvgIpc) is 2.35. The Morgan fingerprint density at radius 3 is 2.41 bits per heavy atom. The van der Waals surface area contributed by atoms with Gasteiger partial charge in [-0.1, -0.05) is 24.3 Å². The molecule has 94 valence electrons. The van der Waals surface area contributed by atoms with Crippen LogP contribution in [0.1, 0.15) is 42.9 Å². The summed E-state index contributed by atoms with van der Waals surface area (Å²) in [7, 11) is 2.04. The minimum absolute atomic E-state index is 0.0689. The minimum Gasteiger partial charge on any atom is -0.393 e. The van der Waals surface area contributed by atoms with Crippen LogP contribution in [0.3, 0.4) is 0 Å². The molecule has 0 aliphatic heterocycles. The molecule has 0 saturated heterocycles. The molecular formula is C15H23NO. The highest BCUT2D eigenvalue weighted by Gasteiger charge is 2.27. The molecule has 0 spiro atoms. The Hall–Kier alpha value is -0.860. The first-order chi connectivity index (χ1) is 8.22. The molecule has 1 saturated carbocycles. The van der Waals surface area contributed by atoms with Gasteiger partial charge in [0.15, 0.2) is 0 Å². The fourth-order valence-electron chi connectivity index (χ4n) is 3.02. The van der Waals surface area contributed by atoms with Gasteiger partial charge in [0.1, 0.15) is 0 Å². The molecule has 1 aliphatic carbocycles. The second kappa shape index (κ2) is 5.65. The summed E-state index contributed by atoms with van der Waals surface area (Å²) in [5.41, 5.74) is 2.77. The van der Waals surface area contributed by atoms with E-state index >= 15 is 0 Å². The van der Waals surface area contributed by atoms with Crippen molar-refractivity contribution in [2.45, 2.75) is 44.8 Å². The first-order valence-electron chi connectivity index (χ1n) is 6.63. The lowest BCUT2D eigenvalue weighted by Crippen LogP contribution is -2.30. The van der Waals surface area contributed by atoms with Crippen LogP contribution in [0.5, 0.6) is 0 Å². The van der Waals surface area contributed by atoms with E-state index in [1.165, 1.54) is 11.1 Å². The van der Waals surface area contributed by atoms with Crippen molar-refractivity contribution in [3.8, 4) is 0 Å². The predicted molar refractivity (Wildman–Crippen MR) is 70.9 cm³/mol. The first-order valence-corrected chi connectivity index (χ1v) is 6.63. The Balaban J connectivity index is 2.14. The largest absolute Gasteiger partial charge is 0.393 e. The molecule has 17 heavy (non-hydrogen) atoms. The van der Waals surface area contributed by atoms with Gasteiger partial charge < -0.3 is 10.4 Å². The third-order valence-electron chi connectivity index (χ3n) is 4.05. The van der Waals surface area contributed by atoms with Crippen LogP contribution < -0.4 is 5.32 Å². The lowest BCUT2D eigenvalue weighted by Gasteiger charge is -2.33. The molecule has 1 aromatic rings. The number of hydrogen-bond donors (Lipinski definition) is 2. The van der Waals surface area contributed by atoms with E-state index in [4.69, 9.17) is 0 Å². The summed E-state index contributed by atoms with van der Waals surface area (Å²) in [4.78, 5) is 0. The van der Waals surface area contributed by atoms with E-state index in [-0.39, 0.29) is 6.10 Å². The Labute approximate surface area is 104 Å². The zero-order valence-corrected chi connectivity index (χ0v) is 10.8. The van der Waals surface area contributed by atoms with Gasteiger partial charge in [-0.25, -0.2) is 0 Å². The molecule has 2 nitrogen and oxygen atoms in total. The molecule has 0 heterocycles. The molecule has 1 unspecified atom stereocenters. The zero-order valence-electron chi connectivity index (χ0n) is 10.8. The number of aliphatic hydroxyl groups is 1. The third-order valence-corrected chi connectivity index (χ3v) is 4.05.